The number of anilines is 2. The molecule has 0 bridgehead atoms. The average molecular weight is 320 g/mol. The second-order valence-corrected chi connectivity index (χ2v) is 5.37. The van der Waals surface area contributed by atoms with Crippen molar-refractivity contribution in [3.63, 3.8) is 0 Å². The molecule has 1 amide bonds. The van der Waals surface area contributed by atoms with Crippen LogP contribution in [-0.4, -0.2) is 28.9 Å². The van der Waals surface area contributed by atoms with Crippen LogP contribution in [-0.2, 0) is 4.79 Å². The summed E-state index contributed by atoms with van der Waals surface area (Å²) in [5, 5.41) is 16.3. The first-order valence-electron chi connectivity index (χ1n) is 6.72. The quantitative estimate of drug-likeness (QED) is 0.653. The molecule has 0 saturated carbocycles. The van der Waals surface area contributed by atoms with Crippen LogP contribution in [0.15, 0.2) is 29.6 Å². The summed E-state index contributed by atoms with van der Waals surface area (Å²) >= 11 is 1.40. The number of thiazole rings is 1. The molecule has 2 aromatic rings. The number of amides is 1. The van der Waals surface area contributed by atoms with Gasteiger partial charge in [0.2, 0.25) is 5.91 Å². The minimum Gasteiger partial charge on any atom is -0.371 e. The summed E-state index contributed by atoms with van der Waals surface area (Å²) in [6.07, 6.45) is 0. The lowest BCUT2D eigenvalue weighted by molar-refractivity contribution is -0.383. The number of benzene rings is 1. The molecule has 0 aliphatic rings. The van der Waals surface area contributed by atoms with E-state index in [2.05, 4.69) is 10.3 Å². The molecule has 2 rings (SSSR count). The normalized spacial score (nSPS) is 10.3. The maximum absolute atomic E-state index is 12.3. The fourth-order valence-electron chi connectivity index (χ4n) is 1.93. The van der Waals surface area contributed by atoms with Gasteiger partial charge in [0.15, 0.2) is 5.13 Å². The Hall–Kier alpha value is -2.48. The van der Waals surface area contributed by atoms with Crippen LogP contribution in [0, 0.1) is 17.0 Å². The zero-order valence-corrected chi connectivity index (χ0v) is 13.1. The van der Waals surface area contributed by atoms with Gasteiger partial charge in [-0.3, -0.25) is 19.8 Å². The molecule has 0 fully saturated rings. The number of likely N-dealkylation sites (N-methyl/N-ethyl adjacent to an activating group) is 1. The Balaban J connectivity index is 2.07. The predicted molar refractivity (Wildman–Crippen MR) is 86.5 cm³/mol. The van der Waals surface area contributed by atoms with Gasteiger partial charge in [0.05, 0.1) is 17.2 Å². The third-order valence-electron chi connectivity index (χ3n) is 2.99. The molecule has 1 N–H and O–H groups in total. The maximum Gasteiger partial charge on any atom is 0.292 e. The topological polar surface area (TPSA) is 88.4 Å². The zero-order valence-electron chi connectivity index (χ0n) is 12.3. The number of rotatable bonds is 6. The second-order valence-electron chi connectivity index (χ2n) is 4.54. The Labute approximate surface area is 131 Å². The molecule has 0 aliphatic carbocycles. The third kappa shape index (κ3) is 3.59. The van der Waals surface area contributed by atoms with E-state index in [1.807, 2.05) is 19.2 Å². The number of hydrogen-bond acceptors (Lipinski definition) is 6. The summed E-state index contributed by atoms with van der Waals surface area (Å²) in [7, 11) is 0. The molecule has 1 aromatic heterocycles. The molecule has 0 unspecified atom stereocenters. The van der Waals surface area contributed by atoms with E-state index >= 15 is 0 Å². The first-order valence-corrected chi connectivity index (χ1v) is 7.60. The molecule has 0 aliphatic heterocycles. The number of carbonyl (C=O) groups is 1. The number of aryl methyl sites for hydroxylation is 1. The van der Waals surface area contributed by atoms with Crippen LogP contribution in [0.25, 0.3) is 0 Å². The summed E-state index contributed by atoms with van der Waals surface area (Å²) in [6.45, 7) is 4.19. The smallest absolute Gasteiger partial charge is 0.292 e. The van der Waals surface area contributed by atoms with Gasteiger partial charge in [-0.2, -0.15) is 0 Å². The molecule has 0 spiro atoms. The number of para-hydroxylation sites is 2. The number of carbonyl (C=O) groups excluding carboxylic acids is 1. The van der Waals surface area contributed by atoms with Gasteiger partial charge in [0, 0.05) is 18.0 Å². The highest BCUT2D eigenvalue weighted by Crippen LogP contribution is 2.24. The summed E-state index contributed by atoms with van der Waals surface area (Å²) in [6, 6.07) is 6.24. The molecule has 7 nitrogen and oxygen atoms in total. The van der Waals surface area contributed by atoms with Crippen molar-refractivity contribution < 1.29 is 9.72 Å². The van der Waals surface area contributed by atoms with Crippen LogP contribution < -0.4 is 10.2 Å². The van der Waals surface area contributed by atoms with E-state index in [1.165, 1.54) is 17.4 Å². The van der Waals surface area contributed by atoms with Gasteiger partial charge >= 0.3 is 0 Å². The SMILES string of the molecule is CCN(C(=O)CNc1ccccc1[N+](=O)[O-])c1nc(C)cs1. The monoisotopic (exact) mass is 320 g/mol. The number of aromatic nitrogens is 1. The summed E-state index contributed by atoms with van der Waals surface area (Å²) in [5.41, 5.74) is 1.13. The van der Waals surface area contributed by atoms with Gasteiger partial charge in [-0.15, -0.1) is 11.3 Å². The van der Waals surface area contributed by atoms with Gasteiger partial charge in [0.25, 0.3) is 5.69 Å². The Morgan fingerprint density at radius 2 is 2.18 bits per heavy atom. The molecular formula is C14H16N4O3S. The number of hydrogen-bond donors (Lipinski definition) is 1. The van der Waals surface area contributed by atoms with Crippen LogP contribution >= 0.6 is 11.3 Å². The Morgan fingerprint density at radius 1 is 1.45 bits per heavy atom. The highest BCUT2D eigenvalue weighted by Gasteiger charge is 2.18. The summed E-state index contributed by atoms with van der Waals surface area (Å²) < 4.78 is 0. The number of nitrogens with zero attached hydrogens (tertiary/aromatic N) is 3. The average Bonchev–Trinajstić information content (AvgIpc) is 2.92. The molecule has 22 heavy (non-hydrogen) atoms. The van der Waals surface area contributed by atoms with Gasteiger partial charge in [-0.05, 0) is 19.9 Å². The summed E-state index contributed by atoms with van der Waals surface area (Å²) in [5.74, 6) is -0.185. The molecule has 1 heterocycles. The zero-order chi connectivity index (χ0) is 16.1. The fraction of sp³-hybridized carbons (Fsp3) is 0.286. The van der Waals surface area contributed by atoms with E-state index < -0.39 is 4.92 Å². The van der Waals surface area contributed by atoms with Crippen LogP contribution in [0.1, 0.15) is 12.6 Å². The highest BCUT2D eigenvalue weighted by atomic mass is 32.1. The van der Waals surface area contributed by atoms with E-state index in [9.17, 15) is 14.9 Å². The molecule has 8 heteroatoms. The van der Waals surface area contributed by atoms with Crippen LogP contribution in [0.3, 0.4) is 0 Å². The van der Waals surface area contributed by atoms with E-state index in [0.717, 1.165) is 5.69 Å². The highest BCUT2D eigenvalue weighted by molar-refractivity contribution is 7.14. The Kier molecular flexibility index (Phi) is 5.05. The van der Waals surface area contributed by atoms with Crippen molar-refractivity contribution in [2.45, 2.75) is 13.8 Å². The van der Waals surface area contributed by atoms with Gasteiger partial charge < -0.3 is 5.32 Å². The maximum atomic E-state index is 12.3. The number of nitrogens with one attached hydrogen (secondary N) is 1. The molecule has 1 aromatic carbocycles. The standard InChI is InChI=1S/C14H16N4O3S/c1-3-17(14-16-10(2)9-22-14)13(19)8-15-11-6-4-5-7-12(11)18(20)21/h4-7,9,15H,3,8H2,1-2H3. The van der Waals surface area contributed by atoms with Crippen LogP contribution in [0.4, 0.5) is 16.5 Å². The first-order chi connectivity index (χ1) is 10.5. The number of nitro benzene ring substituents is 1. The summed E-state index contributed by atoms with van der Waals surface area (Å²) in [4.78, 5) is 28.6. The number of nitro groups is 1. The first kappa shape index (κ1) is 15.9. The van der Waals surface area contributed by atoms with Crippen molar-refractivity contribution in [3.05, 3.63) is 45.5 Å². The lowest BCUT2D eigenvalue weighted by Gasteiger charge is -2.18. The molecular weight excluding hydrogens is 304 g/mol. The van der Waals surface area contributed by atoms with Crippen molar-refractivity contribution in [2.75, 3.05) is 23.3 Å². The van der Waals surface area contributed by atoms with Crippen LogP contribution in [0.5, 0.6) is 0 Å². The van der Waals surface area contributed by atoms with Crippen molar-refractivity contribution in [1.29, 1.82) is 0 Å². The molecule has 0 radical (unpaired) electrons. The van der Waals surface area contributed by atoms with Crippen molar-refractivity contribution in [2.24, 2.45) is 0 Å². The van der Waals surface area contributed by atoms with Crippen LogP contribution in [0.2, 0.25) is 0 Å². The Morgan fingerprint density at radius 3 is 2.77 bits per heavy atom. The lowest BCUT2D eigenvalue weighted by Crippen LogP contribution is -2.35. The van der Waals surface area contributed by atoms with Gasteiger partial charge in [0.1, 0.15) is 5.69 Å². The molecule has 0 saturated heterocycles. The van der Waals surface area contributed by atoms with Crippen molar-refractivity contribution in [3.8, 4) is 0 Å². The van der Waals surface area contributed by atoms with Gasteiger partial charge in [-0.1, -0.05) is 12.1 Å². The lowest BCUT2D eigenvalue weighted by atomic mass is 10.2. The van der Waals surface area contributed by atoms with Crippen molar-refractivity contribution >= 4 is 33.8 Å². The van der Waals surface area contributed by atoms with Crippen molar-refractivity contribution in [1.82, 2.24) is 4.98 Å². The van der Waals surface area contributed by atoms with E-state index in [0.29, 0.717) is 17.4 Å². The van der Waals surface area contributed by atoms with Gasteiger partial charge in [-0.25, -0.2) is 4.98 Å². The van der Waals surface area contributed by atoms with E-state index in [1.54, 1.807) is 23.1 Å². The van der Waals surface area contributed by atoms with E-state index in [-0.39, 0.29) is 18.1 Å². The Bertz CT molecular complexity index is 686. The minimum absolute atomic E-state index is 0.0304. The third-order valence-corrected chi connectivity index (χ3v) is 3.97. The molecule has 116 valence electrons. The second kappa shape index (κ2) is 6.99. The molecule has 0 atom stereocenters. The van der Waals surface area contributed by atoms with E-state index in [4.69, 9.17) is 0 Å². The minimum atomic E-state index is -0.478. The predicted octanol–water partition coefficient (Wildman–Crippen LogP) is 2.82. The fourth-order valence-corrected chi connectivity index (χ4v) is 2.82. The largest absolute Gasteiger partial charge is 0.371 e.